The molecule has 0 radical (unpaired) electrons. The molecule has 4 N–H and O–H groups in total. The largest absolute Gasteiger partial charge is 0.444 e. The van der Waals surface area contributed by atoms with Crippen LogP contribution >= 0.6 is 0 Å². The molecule has 25 heavy (non-hydrogen) atoms. The van der Waals surface area contributed by atoms with Gasteiger partial charge in [0.15, 0.2) is 5.96 Å². The number of nitrogens with zero attached hydrogens (tertiary/aromatic N) is 1. The number of guanidine groups is 1. The molecule has 0 aromatic carbocycles. The molecule has 0 heterocycles. The molecule has 1 amide bonds. The maximum atomic E-state index is 11.9. The normalized spacial score (nSPS) is 15.3. The SMILES string of the molecule is CCNC(=NCC(C)(CC)CO)NCC(C)(C)NC(=O)OC(C)(C)C. The van der Waals surface area contributed by atoms with Gasteiger partial charge in [-0.1, -0.05) is 13.8 Å². The summed E-state index contributed by atoms with van der Waals surface area (Å²) in [6.07, 6.45) is 0.401. The summed E-state index contributed by atoms with van der Waals surface area (Å²) < 4.78 is 5.30. The first-order chi connectivity index (χ1) is 11.4. The molecule has 1 atom stereocenters. The first kappa shape index (κ1) is 23.5. The van der Waals surface area contributed by atoms with Gasteiger partial charge in [0.05, 0.1) is 18.7 Å². The van der Waals surface area contributed by atoms with E-state index in [0.717, 1.165) is 13.0 Å². The Hall–Kier alpha value is -1.50. The molecule has 0 bridgehead atoms. The number of carbonyl (C=O) groups excluding carboxylic acids is 1. The summed E-state index contributed by atoms with van der Waals surface area (Å²) in [7, 11) is 0. The smallest absolute Gasteiger partial charge is 0.408 e. The minimum absolute atomic E-state index is 0.0953. The molecule has 0 aliphatic carbocycles. The Morgan fingerprint density at radius 1 is 1.08 bits per heavy atom. The summed E-state index contributed by atoms with van der Waals surface area (Å²) in [4.78, 5) is 16.5. The van der Waals surface area contributed by atoms with E-state index in [1.54, 1.807) is 0 Å². The Morgan fingerprint density at radius 2 is 1.68 bits per heavy atom. The van der Waals surface area contributed by atoms with Crippen LogP contribution in [0, 0.1) is 5.41 Å². The number of aliphatic hydroxyl groups is 1. The zero-order chi connectivity index (χ0) is 19.7. The highest BCUT2D eigenvalue weighted by molar-refractivity contribution is 5.80. The van der Waals surface area contributed by atoms with E-state index in [-0.39, 0.29) is 12.0 Å². The lowest BCUT2D eigenvalue weighted by Crippen LogP contribution is -2.54. The average molecular weight is 359 g/mol. The highest BCUT2D eigenvalue weighted by Crippen LogP contribution is 2.20. The van der Waals surface area contributed by atoms with Gasteiger partial charge in [-0.15, -0.1) is 0 Å². The third-order valence-electron chi connectivity index (χ3n) is 3.74. The van der Waals surface area contributed by atoms with Crippen LogP contribution in [-0.2, 0) is 4.74 Å². The molecule has 0 aromatic rings. The summed E-state index contributed by atoms with van der Waals surface area (Å²) in [5.74, 6) is 0.662. The van der Waals surface area contributed by atoms with Crippen molar-refractivity contribution in [2.75, 3.05) is 26.2 Å². The van der Waals surface area contributed by atoms with Crippen molar-refractivity contribution in [1.29, 1.82) is 0 Å². The van der Waals surface area contributed by atoms with E-state index in [1.807, 2.05) is 55.4 Å². The van der Waals surface area contributed by atoms with Gasteiger partial charge in [-0.3, -0.25) is 4.99 Å². The van der Waals surface area contributed by atoms with Crippen LogP contribution in [0.4, 0.5) is 4.79 Å². The Bertz CT molecular complexity index is 438. The number of ether oxygens (including phenoxy) is 1. The minimum Gasteiger partial charge on any atom is -0.444 e. The van der Waals surface area contributed by atoms with Crippen molar-refractivity contribution in [1.82, 2.24) is 16.0 Å². The Balaban J connectivity index is 4.74. The lowest BCUT2D eigenvalue weighted by atomic mass is 9.89. The van der Waals surface area contributed by atoms with Crippen molar-refractivity contribution in [3.05, 3.63) is 0 Å². The second-order valence-corrected chi connectivity index (χ2v) is 8.38. The zero-order valence-electron chi connectivity index (χ0n) is 17.2. The molecular weight excluding hydrogens is 320 g/mol. The molecule has 0 aliphatic rings. The van der Waals surface area contributed by atoms with Crippen molar-refractivity contribution in [2.45, 2.75) is 73.0 Å². The number of rotatable bonds is 8. The third kappa shape index (κ3) is 10.9. The quantitative estimate of drug-likeness (QED) is 0.394. The van der Waals surface area contributed by atoms with E-state index in [1.165, 1.54) is 0 Å². The van der Waals surface area contributed by atoms with Crippen molar-refractivity contribution in [3.63, 3.8) is 0 Å². The van der Waals surface area contributed by atoms with Gasteiger partial charge >= 0.3 is 6.09 Å². The van der Waals surface area contributed by atoms with Gasteiger partial charge in [0, 0.05) is 18.5 Å². The van der Waals surface area contributed by atoms with E-state index >= 15 is 0 Å². The predicted molar refractivity (Wildman–Crippen MR) is 103 cm³/mol. The number of aliphatic imine (C=N–C) groups is 1. The zero-order valence-corrected chi connectivity index (χ0v) is 17.2. The standard InChI is InChI=1S/C18H38N4O3/c1-9-18(8,13-23)12-21-14(19-10-2)20-11-17(6,7)22-15(24)25-16(3,4)5/h23H,9-13H2,1-8H3,(H,22,24)(H2,19,20,21). The van der Waals surface area contributed by atoms with Gasteiger partial charge in [-0.05, 0) is 48.0 Å². The fourth-order valence-corrected chi connectivity index (χ4v) is 1.81. The lowest BCUT2D eigenvalue weighted by molar-refractivity contribution is 0.0474. The minimum atomic E-state index is -0.529. The molecule has 7 nitrogen and oxygen atoms in total. The van der Waals surface area contributed by atoms with Crippen LogP contribution < -0.4 is 16.0 Å². The van der Waals surface area contributed by atoms with Crippen molar-refractivity contribution in [2.24, 2.45) is 10.4 Å². The number of hydrogen-bond donors (Lipinski definition) is 4. The molecular formula is C18H38N4O3. The van der Waals surface area contributed by atoms with Crippen molar-refractivity contribution >= 4 is 12.1 Å². The summed E-state index contributed by atoms with van der Waals surface area (Å²) in [6.45, 7) is 17.2. The van der Waals surface area contributed by atoms with E-state index in [2.05, 4.69) is 20.9 Å². The van der Waals surface area contributed by atoms with Crippen LogP contribution in [-0.4, -0.2) is 54.5 Å². The van der Waals surface area contributed by atoms with E-state index in [4.69, 9.17) is 4.74 Å². The highest BCUT2D eigenvalue weighted by Gasteiger charge is 2.25. The van der Waals surface area contributed by atoms with Crippen LogP contribution in [0.25, 0.3) is 0 Å². The van der Waals surface area contributed by atoms with Crippen LogP contribution in [0.5, 0.6) is 0 Å². The summed E-state index contributed by atoms with van der Waals surface area (Å²) >= 11 is 0. The Morgan fingerprint density at radius 3 is 2.12 bits per heavy atom. The van der Waals surface area contributed by atoms with Crippen molar-refractivity contribution in [3.8, 4) is 0 Å². The second-order valence-electron chi connectivity index (χ2n) is 8.38. The van der Waals surface area contributed by atoms with E-state index in [0.29, 0.717) is 19.0 Å². The molecule has 148 valence electrons. The molecule has 0 saturated heterocycles. The first-order valence-electron chi connectivity index (χ1n) is 9.00. The van der Waals surface area contributed by atoms with E-state index in [9.17, 15) is 9.90 Å². The molecule has 1 unspecified atom stereocenters. The predicted octanol–water partition coefficient (Wildman–Crippen LogP) is 2.25. The molecule has 0 aliphatic heterocycles. The average Bonchev–Trinajstić information content (AvgIpc) is 2.47. The molecule has 7 heteroatoms. The van der Waals surface area contributed by atoms with Gasteiger partial charge in [-0.25, -0.2) is 4.79 Å². The fraction of sp³-hybridized carbons (Fsp3) is 0.889. The molecule has 0 spiro atoms. The number of carbonyl (C=O) groups is 1. The topological polar surface area (TPSA) is 95.0 Å². The number of nitrogens with one attached hydrogen (secondary N) is 3. The fourth-order valence-electron chi connectivity index (χ4n) is 1.81. The monoisotopic (exact) mass is 358 g/mol. The summed E-state index contributed by atoms with van der Waals surface area (Å²) in [5, 5.41) is 18.8. The number of aliphatic hydroxyl groups excluding tert-OH is 1. The Labute approximate surface area is 153 Å². The van der Waals surface area contributed by atoms with E-state index < -0.39 is 17.2 Å². The second kappa shape index (κ2) is 9.85. The van der Waals surface area contributed by atoms with Gasteiger partial charge in [0.2, 0.25) is 0 Å². The third-order valence-corrected chi connectivity index (χ3v) is 3.74. The molecule has 0 fully saturated rings. The van der Waals surface area contributed by atoms with Crippen LogP contribution in [0.2, 0.25) is 0 Å². The lowest BCUT2D eigenvalue weighted by Gasteiger charge is -2.30. The van der Waals surface area contributed by atoms with Crippen LogP contribution in [0.1, 0.15) is 61.8 Å². The van der Waals surface area contributed by atoms with Gasteiger partial charge in [0.25, 0.3) is 0 Å². The van der Waals surface area contributed by atoms with Gasteiger partial charge in [0.1, 0.15) is 5.60 Å². The summed E-state index contributed by atoms with van der Waals surface area (Å²) in [6, 6.07) is 0. The summed E-state index contributed by atoms with van der Waals surface area (Å²) in [5.41, 5.74) is -1.27. The molecule has 0 aromatic heterocycles. The number of hydrogen-bond acceptors (Lipinski definition) is 4. The maximum Gasteiger partial charge on any atom is 0.408 e. The maximum absolute atomic E-state index is 11.9. The van der Waals surface area contributed by atoms with Gasteiger partial charge in [-0.2, -0.15) is 0 Å². The molecule has 0 rings (SSSR count). The Kier molecular flexibility index (Phi) is 9.26. The van der Waals surface area contributed by atoms with Crippen molar-refractivity contribution < 1.29 is 14.6 Å². The van der Waals surface area contributed by atoms with Crippen LogP contribution in [0.3, 0.4) is 0 Å². The van der Waals surface area contributed by atoms with Crippen LogP contribution in [0.15, 0.2) is 4.99 Å². The molecule has 0 saturated carbocycles. The number of alkyl carbamates (subject to hydrolysis) is 1. The number of amides is 1. The van der Waals surface area contributed by atoms with Gasteiger partial charge < -0.3 is 25.8 Å². The first-order valence-corrected chi connectivity index (χ1v) is 9.00. The highest BCUT2D eigenvalue weighted by atomic mass is 16.6.